The molecule has 3 aliphatic heterocycles. The third-order valence-corrected chi connectivity index (χ3v) is 9.01. The van der Waals surface area contributed by atoms with Crippen molar-refractivity contribution >= 4 is 17.4 Å². The average Bonchev–Trinajstić information content (AvgIpc) is 3.41. The molecule has 0 aliphatic carbocycles. The summed E-state index contributed by atoms with van der Waals surface area (Å²) in [6.45, 7) is 17.9. The molecule has 0 amide bonds. The molecule has 6 bridgehead atoms. The normalized spacial score (nSPS) is 20.0. The molecule has 2 aromatic heterocycles. The molecule has 3 aliphatic rings. The Labute approximate surface area is 278 Å². The van der Waals surface area contributed by atoms with Crippen LogP contribution in [0.4, 0.5) is 5.82 Å². The van der Waals surface area contributed by atoms with Gasteiger partial charge in [0.05, 0.1) is 29.4 Å². The number of carboxylic acid groups (broad SMARTS) is 1. The monoisotopic (exact) mass is 642 g/mol. The predicted molar refractivity (Wildman–Crippen MR) is 187 cm³/mol. The van der Waals surface area contributed by atoms with Crippen molar-refractivity contribution in [3.05, 3.63) is 64.8 Å². The minimum absolute atomic E-state index is 0.0481. The fourth-order valence-electron chi connectivity index (χ4n) is 6.34. The molecule has 0 spiro atoms. The number of aromatic nitrogens is 3. The number of nitrogens with zero attached hydrogens (tertiary/aromatic N) is 4. The maximum Gasteiger partial charge on any atom is 0.308 e. The van der Waals surface area contributed by atoms with E-state index in [2.05, 4.69) is 69.0 Å². The molecule has 5 heterocycles. The van der Waals surface area contributed by atoms with Crippen LogP contribution in [0.5, 0.6) is 5.75 Å². The first-order valence-electron chi connectivity index (χ1n) is 16.7. The number of carbonyl (C=O) groups is 1. The number of carboxylic acids is 1. The zero-order valence-electron chi connectivity index (χ0n) is 29.2. The molecule has 9 heteroatoms. The average molecular weight is 643 g/mol. The van der Waals surface area contributed by atoms with E-state index in [1.807, 2.05) is 17.5 Å². The molecule has 2 aromatic carbocycles. The molecule has 1 fully saturated rings. The Bertz CT molecular complexity index is 1740. The van der Waals surface area contributed by atoms with Crippen LogP contribution in [0.3, 0.4) is 0 Å². The van der Waals surface area contributed by atoms with E-state index in [4.69, 9.17) is 24.7 Å². The SMILES string of the molecule is CC(C)(C)O.Cc1ccc2c(c1C)-c1cccc(c1)-c1cc3nc(C)c(CC(=O)O)c(n3n1)N1CCC(C)(CC1)OCCCC(C)O2. The number of benzene rings is 2. The molecule has 0 radical (unpaired) electrons. The second kappa shape index (κ2) is 13.6. The first-order valence-corrected chi connectivity index (χ1v) is 16.7. The molecule has 47 heavy (non-hydrogen) atoms. The second-order valence-electron chi connectivity index (χ2n) is 14.4. The Morgan fingerprint density at radius 2 is 1.74 bits per heavy atom. The number of aryl methyl sites for hydroxylation is 2. The number of hydrogen-bond donors (Lipinski definition) is 2. The zero-order chi connectivity index (χ0) is 34.1. The van der Waals surface area contributed by atoms with Gasteiger partial charge in [-0.1, -0.05) is 24.3 Å². The highest BCUT2D eigenvalue weighted by Crippen LogP contribution is 2.39. The van der Waals surface area contributed by atoms with Crippen molar-refractivity contribution in [2.45, 2.75) is 105 Å². The Morgan fingerprint density at radius 3 is 2.43 bits per heavy atom. The van der Waals surface area contributed by atoms with Gasteiger partial charge in [-0.2, -0.15) is 9.61 Å². The molecular weight excluding hydrogens is 592 g/mol. The van der Waals surface area contributed by atoms with Crippen LogP contribution in [-0.2, 0) is 16.0 Å². The van der Waals surface area contributed by atoms with Gasteiger partial charge in [-0.3, -0.25) is 4.79 Å². The highest BCUT2D eigenvalue weighted by Gasteiger charge is 2.33. The molecule has 1 saturated heterocycles. The highest BCUT2D eigenvalue weighted by molar-refractivity contribution is 5.80. The lowest BCUT2D eigenvalue weighted by Crippen LogP contribution is -2.45. The first kappa shape index (κ1) is 34.4. The van der Waals surface area contributed by atoms with Gasteiger partial charge in [0.25, 0.3) is 0 Å². The Morgan fingerprint density at radius 1 is 1.06 bits per heavy atom. The minimum Gasteiger partial charge on any atom is -0.490 e. The number of aliphatic carboxylic acids is 1. The number of ether oxygens (including phenoxy) is 2. The van der Waals surface area contributed by atoms with E-state index in [0.29, 0.717) is 17.8 Å². The van der Waals surface area contributed by atoms with Gasteiger partial charge in [-0.25, -0.2) is 4.98 Å². The minimum atomic E-state index is -0.878. The Balaban J connectivity index is 0.000000807. The van der Waals surface area contributed by atoms with E-state index >= 15 is 0 Å². The maximum absolute atomic E-state index is 11.9. The number of piperidine rings is 1. The van der Waals surface area contributed by atoms with Crippen molar-refractivity contribution < 1.29 is 24.5 Å². The Kier molecular flexibility index (Phi) is 9.99. The van der Waals surface area contributed by atoms with Crippen LogP contribution >= 0.6 is 0 Å². The smallest absolute Gasteiger partial charge is 0.308 e. The third kappa shape index (κ3) is 8.14. The van der Waals surface area contributed by atoms with Crippen molar-refractivity contribution in [1.82, 2.24) is 14.6 Å². The molecule has 1 unspecified atom stereocenters. The largest absolute Gasteiger partial charge is 0.490 e. The van der Waals surface area contributed by atoms with Gasteiger partial charge in [0.2, 0.25) is 0 Å². The van der Waals surface area contributed by atoms with Crippen molar-refractivity contribution in [2.75, 3.05) is 24.6 Å². The molecule has 7 rings (SSSR count). The summed E-state index contributed by atoms with van der Waals surface area (Å²) in [4.78, 5) is 19.0. The summed E-state index contributed by atoms with van der Waals surface area (Å²) < 4.78 is 14.9. The van der Waals surface area contributed by atoms with Crippen LogP contribution in [0.2, 0.25) is 0 Å². The number of aliphatic hydroxyl groups is 1. The highest BCUT2D eigenvalue weighted by atomic mass is 16.5. The van der Waals surface area contributed by atoms with Gasteiger partial charge < -0.3 is 24.6 Å². The van der Waals surface area contributed by atoms with Gasteiger partial charge in [0.1, 0.15) is 11.6 Å². The molecular formula is C38H50N4O5. The van der Waals surface area contributed by atoms with Crippen molar-refractivity contribution in [3.8, 4) is 28.1 Å². The fourth-order valence-corrected chi connectivity index (χ4v) is 6.34. The van der Waals surface area contributed by atoms with E-state index in [1.165, 1.54) is 11.1 Å². The van der Waals surface area contributed by atoms with Gasteiger partial charge >= 0.3 is 5.97 Å². The molecule has 9 nitrogen and oxygen atoms in total. The molecule has 1 atom stereocenters. The van der Waals surface area contributed by atoms with Crippen molar-refractivity contribution in [3.63, 3.8) is 0 Å². The number of rotatable bonds is 2. The van der Waals surface area contributed by atoms with Crippen molar-refractivity contribution in [2.24, 2.45) is 0 Å². The second-order valence-corrected chi connectivity index (χ2v) is 14.4. The molecule has 4 aromatic rings. The van der Waals surface area contributed by atoms with Crippen LogP contribution in [0.1, 0.15) is 82.7 Å². The quantitative estimate of drug-likeness (QED) is 0.234. The summed E-state index contributed by atoms with van der Waals surface area (Å²) in [5.74, 6) is 0.825. The zero-order valence-corrected chi connectivity index (χ0v) is 29.2. The summed E-state index contributed by atoms with van der Waals surface area (Å²) in [7, 11) is 0. The van der Waals surface area contributed by atoms with Crippen LogP contribution in [0.15, 0.2) is 42.5 Å². The van der Waals surface area contributed by atoms with Crippen LogP contribution in [0, 0.1) is 20.8 Å². The predicted octanol–water partition coefficient (Wildman–Crippen LogP) is 7.33. The summed E-state index contributed by atoms with van der Waals surface area (Å²) in [5.41, 5.74) is 7.74. The van der Waals surface area contributed by atoms with E-state index in [9.17, 15) is 9.90 Å². The first-order chi connectivity index (χ1) is 22.1. The van der Waals surface area contributed by atoms with Crippen molar-refractivity contribution in [1.29, 1.82) is 0 Å². The summed E-state index contributed by atoms with van der Waals surface area (Å²) in [6.07, 6.45) is 3.45. The third-order valence-electron chi connectivity index (χ3n) is 9.01. The summed E-state index contributed by atoms with van der Waals surface area (Å²) >= 11 is 0. The maximum atomic E-state index is 11.9. The topological polar surface area (TPSA) is 109 Å². The fraction of sp³-hybridized carbons (Fsp3) is 0.500. The van der Waals surface area contributed by atoms with E-state index < -0.39 is 11.6 Å². The van der Waals surface area contributed by atoms with E-state index in [0.717, 1.165) is 78.4 Å². The molecule has 0 saturated carbocycles. The van der Waals surface area contributed by atoms with E-state index in [1.54, 1.807) is 20.8 Å². The summed E-state index contributed by atoms with van der Waals surface area (Å²) in [5, 5.41) is 23.4. The van der Waals surface area contributed by atoms with Gasteiger partial charge in [-0.15, -0.1) is 0 Å². The van der Waals surface area contributed by atoms with Crippen LogP contribution in [-0.4, -0.2) is 67.8 Å². The van der Waals surface area contributed by atoms with Gasteiger partial charge in [-0.05, 0) is 110 Å². The van der Waals surface area contributed by atoms with Crippen LogP contribution < -0.4 is 9.64 Å². The number of anilines is 1. The van der Waals surface area contributed by atoms with E-state index in [-0.39, 0.29) is 18.1 Å². The lowest BCUT2D eigenvalue weighted by molar-refractivity contribution is -0.136. The number of hydrogen-bond acceptors (Lipinski definition) is 7. The van der Waals surface area contributed by atoms with Gasteiger partial charge in [0.15, 0.2) is 5.65 Å². The standard InChI is InChI=1S/C34H40N4O4.C4H10O/c1-21-11-12-29-32(23(21)3)26-10-6-9-25(18-26)28-20-30-35-24(4)27(19-31(39)40)33(38(30)36-28)37-15-13-34(5,14-16-37)41-17-7-8-22(2)42-29;1-4(2,3)5/h6,9-12,18,20,22H,7-8,13-17,19H2,1-5H3,(H,39,40);5H,1-3H3. The van der Waals surface area contributed by atoms with Crippen LogP contribution in [0.25, 0.3) is 28.0 Å². The Hall–Kier alpha value is -3.95. The number of fused-ring (bicyclic) bond motifs is 7. The molecule has 252 valence electrons. The lowest BCUT2D eigenvalue weighted by atomic mass is 9.92. The van der Waals surface area contributed by atoms with Gasteiger partial charge in [0, 0.05) is 48.1 Å². The summed E-state index contributed by atoms with van der Waals surface area (Å²) in [6, 6.07) is 14.6. The lowest BCUT2D eigenvalue weighted by Gasteiger charge is -2.41. The molecule has 2 N–H and O–H groups in total.